The van der Waals surface area contributed by atoms with Crippen molar-refractivity contribution >= 4 is 32.3 Å². The molecule has 36 heavy (non-hydrogen) atoms. The zero-order chi connectivity index (χ0) is 26.6. The summed E-state index contributed by atoms with van der Waals surface area (Å²) < 4.78 is 77.3. The van der Waals surface area contributed by atoms with Gasteiger partial charge in [0.05, 0.1) is 37.2 Å². The minimum Gasteiger partial charge on any atom is -0.395 e. The normalized spacial score (nSPS) is 32.9. The zero-order valence-electron chi connectivity index (χ0n) is 19.4. The minimum atomic E-state index is -5.08. The van der Waals surface area contributed by atoms with Crippen LogP contribution in [0, 0.1) is 0 Å². The molecule has 2 aliphatic heterocycles. The number of nitrogens with one attached hydrogen (secondary N) is 3. The van der Waals surface area contributed by atoms with E-state index in [0.717, 1.165) is 6.92 Å². The first-order valence-electron chi connectivity index (χ1n) is 10.3. The molecule has 0 aromatic carbocycles. The fraction of sp³-hybridized carbons (Fsp3) is 0.875. The summed E-state index contributed by atoms with van der Waals surface area (Å²) in [5.41, 5.74) is 0. The van der Waals surface area contributed by atoms with Gasteiger partial charge in [0.1, 0.15) is 24.4 Å². The number of amides is 2. The number of hydrogen-bond acceptors (Lipinski definition) is 13. The third kappa shape index (κ3) is 9.98. The van der Waals surface area contributed by atoms with E-state index in [1.807, 2.05) is 0 Å². The predicted molar refractivity (Wildman–Crippen MR) is 112 cm³/mol. The van der Waals surface area contributed by atoms with Gasteiger partial charge in [-0.15, -0.1) is 0 Å². The third-order valence-corrected chi connectivity index (χ3v) is 6.45. The van der Waals surface area contributed by atoms with E-state index >= 15 is 0 Å². The molecule has 2 rings (SSSR count). The average Bonchev–Trinajstić information content (AvgIpc) is 3.13. The Kier molecular flexibility index (Phi) is 13.1. The van der Waals surface area contributed by atoms with E-state index in [0.29, 0.717) is 0 Å². The number of hydrogen-bond donors (Lipinski definition) is 8. The van der Waals surface area contributed by atoms with Crippen LogP contribution in [0.4, 0.5) is 0 Å². The summed E-state index contributed by atoms with van der Waals surface area (Å²) in [4.78, 5) is 24.0. The average molecular weight is 575 g/mol. The van der Waals surface area contributed by atoms with Gasteiger partial charge < -0.3 is 35.4 Å². The van der Waals surface area contributed by atoms with Crippen molar-refractivity contribution in [2.45, 2.75) is 62.2 Å². The van der Waals surface area contributed by atoms with Gasteiger partial charge in [0, 0.05) is 13.5 Å². The molecule has 0 saturated carbocycles. The van der Waals surface area contributed by atoms with Crippen LogP contribution < -0.4 is 45.5 Å². The van der Waals surface area contributed by atoms with Crippen molar-refractivity contribution in [3.05, 3.63) is 0 Å². The molecule has 0 unspecified atom stereocenters. The zero-order valence-corrected chi connectivity index (χ0v) is 23.0. The van der Waals surface area contributed by atoms with Crippen LogP contribution in [-0.2, 0) is 43.8 Å². The van der Waals surface area contributed by atoms with Crippen LogP contribution in [0.2, 0.25) is 0 Å². The summed E-state index contributed by atoms with van der Waals surface area (Å²) in [6, 6.07) is -3.27. The Morgan fingerprint density at radius 2 is 1.78 bits per heavy atom. The van der Waals surface area contributed by atoms with Crippen LogP contribution in [0.25, 0.3) is 0 Å². The smallest absolute Gasteiger partial charge is 0.395 e. The van der Waals surface area contributed by atoms with E-state index in [4.69, 9.17) is 18.6 Å². The van der Waals surface area contributed by atoms with Gasteiger partial charge in [0.15, 0.2) is 6.29 Å². The maximum absolute atomic E-state index is 12.3. The molecule has 2 fully saturated rings. The van der Waals surface area contributed by atoms with Crippen molar-refractivity contribution in [2.75, 3.05) is 25.5 Å². The SMILES string of the molecule is CC(=O)N[C@H]1[C@H](O[C@H]2C[C@@H](C(=O)NCCS(=O)(=O)O)N[C@@H]2CO)O[C@H](CO)[C@@H](OS(=O)(=O)O)[C@@H]1O.[Na+]. The van der Waals surface area contributed by atoms with Gasteiger partial charge in [-0.25, -0.2) is 4.18 Å². The molecule has 20 heteroatoms. The maximum atomic E-state index is 12.3. The van der Waals surface area contributed by atoms with Gasteiger partial charge in [-0.1, -0.05) is 0 Å². The van der Waals surface area contributed by atoms with Crippen molar-refractivity contribution in [3.63, 3.8) is 0 Å². The molecule has 2 aliphatic rings. The Labute approximate surface area is 229 Å². The molecule has 0 aromatic rings. The molecule has 2 amide bonds. The van der Waals surface area contributed by atoms with Gasteiger partial charge in [0.25, 0.3) is 10.1 Å². The number of carbonyl (C=O) groups is 2. The largest absolute Gasteiger partial charge is 1.00 e. The summed E-state index contributed by atoms with van der Waals surface area (Å²) in [6.07, 6.45) is -7.76. The topological polar surface area (TPSA) is 267 Å². The number of ether oxygens (including phenoxy) is 2. The van der Waals surface area contributed by atoms with Crippen molar-refractivity contribution in [1.29, 1.82) is 0 Å². The first-order valence-corrected chi connectivity index (χ1v) is 13.2. The van der Waals surface area contributed by atoms with E-state index in [-0.39, 0.29) is 42.5 Å². The molecule has 2 saturated heterocycles. The molecule has 204 valence electrons. The van der Waals surface area contributed by atoms with Crippen molar-refractivity contribution in [3.8, 4) is 0 Å². The molecule has 0 spiro atoms. The van der Waals surface area contributed by atoms with E-state index in [9.17, 15) is 41.7 Å². The maximum Gasteiger partial charge on any atom is 1.00 e. The first kappa shape index (κ1) is 33.5. The predicted octanol–water partition coefficient (Wildman–Crippen LogP) is -8.13. The molecule has 0 bridgehead atoms. The van der Waals surface area contributed by atoms with Crippen molar-refractivity contribution in [2.24, 2.45) is 0 Å². The molecule has 8 atom stereocenters. The van der Waals surface area contributed by atoms with Crippen LogP contribution >= 0.6 is 0 Å². The monoisotopic (exact) mass is 574 g/mol. The Hall–Kier alpha value is -0.520. The Balaban J connectivity index is 0.00000648. The van der Waals surface area contributed by atoms with E-state index in [2.05, 4.69) is 20.1 Å². The van der Waals surface area contributed by atoms with Crippen molar-refractivity contribution < 1.29 is 94.1 Å². The van der Waals surface area contributed by atoms with Crippen molar-refractivity contribution in [1.82, 2.24) is 16.0 Å². The molecule has 0 radical (unpaired) electrons. The Bertz CT molecular complexity index is 967. The van der Waals surface area contributed by atoms with Gasteiger partial charge in [0.2, 0.25) is 11.8 Å². The van der Waals surface area contributed by atoms with Crippen LogP contribution in [0.1, 0.15) is 13.3 Å². The fourth-order valence-electron chi connectivity index (χ4n) is 3.76. The van der Waals surface area contributed by atoms with Gasteiger partial charge in [-0.05, 0) is 6.42 Å². The first-order chi connectivity index (χ1) is 16.1. The summed E-state index contributed by atoms with van der Waals surface area (Å²) in [6.45, 7) is -0.700. The molecule has 2 heterocycles. The van der Waals surface area contributed by atoms with Crippen LogP contribution in [0.3, 0.4) is 0 Å². The van der Waals surface area contributed by atoms with Crippen LogP contribution in [-0.4, -0.2) is 127 Å². The van der Waals surface area contributed by atoms with Gasteiger partial charge >= 0.3 is 40.0 Å². The van der Waals surface area contributed by atoms with Gasteiger partial charge in [-0.3, -0.25) is 24.0 Å². The summed E-state index contributed by atoms with van der Waals surface area (Å²) in [5.74, 6) is -2.05. The summed E-state index contributed by atoms with van der Waals surface area (Å²) in [5, 5.41) is 37.3. The van der Waals surface area contributed by atoms with Crippen LogP contribution in [0.15, 0.2) is 0 Å². The number of carbonyl (C=O) groups excluding carboxylic acids is 2. The fourth-order valence-corrected chi connectivity index (χ4v) is 4.64. The van der Waals surface area contributed by atoms with E-state index < -0.39 is 100 Å². The second-order valence-electron chi connectivity index (χ2n) is 7.93. The van der Waals surface area contributed by atoms with E-state index in [1.54, 1.807) is 0 Å². The minimum absolute atomic E-state index is 0. The molecule has 8 N–H and O–H groups in total. The Morgan fingerprint density at radius 1 is 1.14 bits per heavy atom. The number of rotatable bonds is 11. The number of aliphatic hydroxyl groups is 3. The summed E-state index contributed by atoms with van der Waals surface area (Å²) >= 11 is 0. The molecule has 17 nitrogen and oxygen atoms in total. The standard InChI is InChI=1S/C16H29N3O14S2.Na/c1-7(22)18-12-13(23)14(33-35(28,29)30)11(6-21)32-16(12)31-10-4-8(19-9(10)5-20)15(24)17-2-3-34(25,26)27;/h8-14,16,19-21,23H,2-6H2,1H3,(H,17,24)(H,18,22)(H,25,26,27)(H,28,29,30);/q;+1/t8-,9+,10-,11+,12+,13+,14+,16+;/m0./s1. The Morgan fingerprint density at radius 3 is 2.28 bits per heavy atom. The molecular weight excluding hydrogens is 545 g/mol. The third-order valence-electron chi connectivity index (χ3n) is 5.27. The number of aliphatic hydroxyl groups excluding tert-OH is 3. The molecular formula is C16H29N3NaO14S2+. The molecule has 0 aliphatic carbocycles. The molecule has 0 aromatic heterocycles. The van der Waals surface area contributed by atoms with E-state index in [1.165, 1.54) is 0 Å². The van der Waals surface area contributed by atoms with Crippen LogP contribution in [0.5, 0.6) is 0 Å². The second-order valence-corrected chi connectivity index (χ2v) is 10.5. The second kappa shape index (κ2) is 14.0. The van der Waals surface area contributed by atoms with Gasteiger partial charge in [-0.2, -0.15) is 16.8 Å². The quantitative estimate of drug-likeness (QED) is 0.0841. The summed E-state index contributed by atoms with van der Waals surface area (Å²) in [7, 11) is -9.38.